The van der Waals surface area contributed by atoms with Crippen molar-refractivity contribution in [2.45, 2.75) is 44.9 Å². The van der Waals surface area contributed by atoms with Crippen molar-refractivity contribution in [1.29, 1.82) is 0 Å². The van der Waals surface area contributed by atoms with E-state index in [4.69, 9.17) is 0 Å². The summed E-state index contributed by atoms with van der Waals surface area (Å²) in [5, 5.41) is 9.71. The Morgan fingerprint density at radius 2 is 2.14 bits per heavy atom. The predicted octanol–water partition coefficient (Wildman–Crippen LogP) is 4.97. The summed E-state index contributed by atoms with van der Waals surface area (Å²) < 4.78 is 0. The first-order valence-corrected chi connectivity index (χ1v) is 8.28. The van der Waals surface area contributed by atoms with Crippen LogP contribution in [0.2, 0.25) is 0 Å². The topological polar surface area (TPSA) is 20.2 Å². The van der Waals surface area contributed by atoms with E-state index in [2.05, 4.69) is 31.7 Å². The van der Waals surface area contributed by atoms with Gasteiger partial charge in [-0.15, -0.1) is 6.58 Å². The summed E-state index contributed by atoms with van der Waals surface area (Å²) in [6.07, 6.45) is 10.8. The molecule has 110 valence electrons. The third-order valence-electron chi connectivity index (χ3n) is 6.53. The minimum atomic E-state index is 0.402. The zero-order valence-corrected chi connectivity index (χ0v) is 12.8. The molecule has 0 spiro atoms. The van der Waals surface area contributed by atoms with Crippen LogP contribution in [0.15, 0.2) is 42.5 Å². The lowest BCUT2D eigenvalue weighted by Gasteiger charge is -2.46. The van der Waals surface area contributed by atoms with Crippen molar-refractivity contribution in [1.82, 2.24) is 0 Å². The van der Waals surface area contributed by atoms with Crippen molar-refractivity contribution >= 4 is 0 Å². The highest BCUT2D eigenvalue weighted by Crippen LogP contribution is 2.61. The zero-order chi connectivity index (χ0) is 14.6. The Kier molecular flexibility index (Phi) is 2.82. The lowest BCUT2D eigenvalue weighted by Crippen LogP contribution is -2.36. The number of phenols is 1. The number of phenolic OH excluding ortho intramolecular Hbond substituents is 1. The molecule has 2 fully saturated rings. The van der Waals surface area contributed by atoms with E-state index >= 15 is 0 Å². The highest BCUT2D eigenvalue weighted by Gasteiger charge is 2.51. The fourth-order valence-corrected chi connectivity index (χ4v) is 5.38. The number of allylic oxidation sites excluding steroid dienone is 3. The van der Waals surface area contributed by atoms with Gasteiger partial charge in [0.2, 0.25) is 0 Å². The van der Waals surface area contributed by atoms with Gasteiger partial charge < -0.3 is 5.11 Å². The van der Waals surface area contributed by atoms with Crippen LogP contribution in [0.3, 0.4) is 0 Å². The maximum Gasteiger partial charge on any atom is 0.115 e. The maximum absolute atomic E-state index is 9.71. The second kappa shape index (κ2) is 4.50. The van der Waals surface area contributed by atoms with Crippen LogP contribution >= 0.6 is 0 Å². The molecule has 2 saturated carbocycles. The van der Waals surface area contributed by atoms with E-state index < -0.39 is 0 Å². The van der Waals surface area contributed by atoms with E-state index in [-0.39, 0.29) is 0 Å². The molecule has 4 rings (SSSR count). The number of aromatic hydroxyl groups is 1. The lowest BCUT2D eigenvalue weighted by atomic mass is 9.58. The third kappa shape index (κ3) is 1.76. The van der Waals surface area contributed by atoms with Gasteiger partial charge >= 0.3 is 0 Å². The molecule has 1 heteroatoms. The van der Waals surface area contributed by atoms with Crippen LogP contribution < -0.4 is 0 Å². The van der Waals surface area contributed by atoms with Crippen molar-refractivity contribution in [3.63, 3.8) is 0 Å². The van der Waals surface area contributed by atoms with Crippen LogP contribution in [0.4, 0.5) is 0 Å². The molecule has 3 aliphatic rings. The molecule has 0 saturated heterocycles. The van der Waals surface area contributed by atoms with Gasteiger partial charge in [-0.05, 0) is 72.6 Å². The summed E-state index contributed by atoms with van der Waals surface area (Å²) >= 11 is 0. The van der Waals surface area contributed by atoms with Crippen molar-refractivity contribution in [3.8, 4) is 5.75 Å². The van der Waals surface area contributed by atoms with Crippen LogP contribution in [-0.2, 0) is 6.42 Å². The molecule has 4 atom stereocenters. The standard InChI is InChI=1S/C20H24O/c1-3-14-5-9-19-18-7-4-13-12-15(21)6-8-16(13)17(18)10-11-20(14,19)2/h3,6-8,12,14,17,19,21H,1,4-5,9-11H2,2H3/t14-,17?,19?,20+/m0/s1. The molecule has 0 bridgehead atoms. The second-order valence-electron chi connectivity index (χ2n) is 7.36. The van der Waals surface area contributed by atoms with Gasteiger partial charge in [0.05, 0.1) is 0 Å². The third-order valence-corrected chi connectivity index (χ3v) is 6.53. The number of hydrogen-bond acceptors (Lipinski definition) is 1. The van der Waals surface area contributed by atoms with Crippen molar-refractivity contribution in [3.05, 3.63) is 53.6 Å². The molecule has 1 aromatic rings. The Morgan fingerprint density at radius 1 is 1.29 bits per heavy atom. The van der Waals surface area contributed by atoms with Gasteiger partial charge in [0.25, 0.3) is 0 Å². The lowest BCUT2D eigenvalue weighted by molar-refractivity contribution is 0.151. The second-order valence-corrected chi connectivity index (χ2v) is 7.36. The Bertz CT molecular complexity index is 627. The smallest absolute Gasteiger partial charge is 0.115 e. The summed E-state index contributed by atoms with van der Waals surface area (Å²) in [6, 6.07) is 5.97. The minimum Gasteiger partial charge on any atom is -0.508 e. The normalized spacial score (nSPS) is 37.2. The molecule has 0 aliphatic heterocycles. The van der Waals surface area contributed by atoms with E-state index in [0.717, 1.165) is 12.3 Å². The van der Waals surface area contributed by atoms with E-state index in [1.807, 2.05) is 12.1 Å². The van der Waals surface area contributed by atoms with Gasteiger partial charge in [-0.25, -0.2) is 0 Å². The van der Waals surface area contributed by atoms with Gasteiger partial charge in [0, 0.05) is 5.92 Å². The molecular weight excluding hydrogens is 256 g/mol. The Labute approximate surface area is 127 Å². The monoisotopic (exact) mass is 280 g/mol. The Balaban J connectivity index is 1.74. The average molecular weight is 280 g/mol. The fraction of sp³-hybridized carbons (Fsp3) is 0.500. The molecule has 0 heterocycles. The number of benzene rings is 1. The number of fused-ring (bicyclic) bond motifs is 5. The first-order valence-electron chi connectivity index (χ1n) is 8.28. The minimum absolute atomic E-state index is 0.402. The molecule has 1 aromatic carbocycles. The number of rotatable bonds is 1. The summed E-state index contributed by atoms with van der Waals surface area (Å²) in [7, 11) is 0. The largest absolute Gasteiger partial charge is 0.508 e. The van der Waals surface area contributed by atoms with E-state index in [0.29, 0.717) is 23.0 Å². The molecule has 0 amide bonds. The quantitative estimate of drug-likeness (QED) is 0.720. The molecule has 2 unspecified atom stereocenters. The summed E-state index contributed by atoms with van der Waals surface area (Å²) in [5.74, 6) is 2.42. The van der Waals surface area contributed by atoms with E-state index in [9.17, 15) is 5.11 Å². The van der Waals surface area contributed by atoms with Gasteiger partial charge in [0.15, 0.2) is 0 Å². The van der Waals surface area contributed by atoms with Crippen LogP contribution in [0.25, 0.3) is 0 Å². The SMILES string of the molecule is C=C[C@H]1CCC2C3=CCc4cc(O)ccc4C3CC[C@@]21C. The first kappa shape index (κ1) is 13.2. The average Bonchev–Trinajstić information content (AvgIpc) is 2.83. The molecule has 21 heavy (non-hydrogen) atoms. The molecule has 1 nitrogen and oxygen atoms in total. The van der Waals surface area contributed by atoms with Gasteiger partial charge in [0.1, 0.15) is 5.75 Å². The molecule has 0 radical (unpaired) electrons. The molecule has 1 N–H and O–H groups in total. The van der Waals surface area contributed by atoms with Gasteiger partial charge in [-0.2, -0.15) is 0 Å². The number of hydrogen-bond donors (Lipinski definition) is 1. The van der Waals surface area contributed by atoms with Gasteiger partial charge in [-0.3, -0.25) is 0 Å². The molecule has 3 aliphatic carbocycles. The predicted molar refractivity (Wildman–Crippen MR) is 86.4 cm³/mol. The van der Waals surface area contributed by atoms with Crippen molar-refractivity contribution in [2.24, 2.45) is 17.3 Å². The van der Waals surface area contributed by atoms with Gasteiger partial charge in [-0.1, -0.05) is 30.7 Å². The van der Waals surface area contributed by atoms with Crippen LogP contribution in [-0.4, -0.2) is 5.11 Å². The first-order chi connectivity index (χ1) is 10.1. The fourth-order valence-electron chi connectivity index (χ4n) is 5.38. The van der Waals surface area contributed by atoms with E-state index in [1.54, 1.807) is 5.57 Å². The zero-order valence-electron chi connectivity index (χ0n) is 12.8. The Hall–Kier alpha value is -1.50. The summed E-state index contributed by atoms with van der Waals surface area (Å²) in [4.78, 5) is 0. The highest BCUT2D eigenvalue weighted by molar-refractivity contribution is 5.47. The van der Waals surface area contributed by atoms with Crippen LogP contribution in [0, 0.1) is 17.3 Å². The summed E-state index contributed by atoms with van der Waals surface area (Å²) in [5.41, 5.74) is 4.91. The maximum atomic E-state index is 9.71. The van der Waals surface area contributed by atoms with Crippen molar-refractivity contribution < 1.29 is 5.11 Å². The Morgan fingerprint density at radius 3 is 2.95 bits per heavy atom. The van der Waals surface area contributed by atoms with Crippen LogP contribution in [0.1, 0.15) is 49.7 Å². The highest BCUT2D eigenvalue weighted by atomic mass is 16.3. The van der Waals surface area contributed by atoms with Crippen molar-refractivity contribution in [2.75, 3.05) is 0 Å². The summed E-state index contributed by atoms with van der Waals surface area (Å²) in [6.45, 7) is 6.57. The van der Waals surface area contributed by atoms with Crippen LogP contribution in [0.5, 0.6) is 5.75 Å². The molecule has 0 aromatic heterocycles. The van der Waals surface area contributed by atoms with E-state index in [1.165, 1.54) is 36.8 Å². The molecular formula is C20H24O.